The number of benzene rings is 1. The first kappa shape index (κ1) is 11.9. The third kappa shape index (κ3) is 2.58. The molecule has 0 bridgehead atoms. The van der Waals surface area contributed by atoms with Crippen molar-refractivity contribution in [3.63, 3.8) is 0 Å². The second-order valence-corrected chi connectivity index (χ2v) is 4.21. The zero-order valence-electron chi connectivity index (χ0n) is 9.93. The largest absolute Gasteiger partial charge is 0.467 e. The van der Waals surface area contributed by atoms with Gasteiger partial charge >= 0.3 is 5.97 Å². The van der Waals surface area contributed by atoms with E-state index in [9.17, 15) is 9.90 Å². The van der Waals surface area contributed by atoms with E-state index in [1.807, 2.05) is 12.1 Å². The van der Waals surface area contributed by atoms with Gasteiger partial charge in [-0.15, -0.1) is 0 Å². The first-order valence-corrected chi connectivity index (χ1v) is 5.83. The minimum absolute atomic E-state index is 0.569. The maximum atomic E-state index is 11.2. The van der Waals surface area contributed by atoms with Crippen LogP contribution in [-0.4, -0.2) is 31.3 Å². The number of rotatable bonds is 3. The van der Waals surface area contributed by atoms with Crippen molar-refractivity contribution in [2.75, 3.05) is 25.1 Å². The normalized spacial score (nSPS) is 16.9. The third-order valence-electron chi connectivity index (χ3n) is 3.10. The third-order valence-corrected chi connectivity index (χ3v) is 3.10. The zero-order valence-corrected chi connectivity index (χ0v) is 9.93. The number of anilines is 1. The molecule has 1 aliphatic rings. The summed E-state index contributed by atoms with van der Waals surface area (Å²) in [6.45, 7) is 2.16. The molecule has 1 fully saturated rings. The Morgan fingerprint density at radius 1 is 1.29 bits per heavy atom. The van der Waals surface area contributed by atoms with Crippen LogP contribution in [0.4, 0.5) is 5.69 Å². The van der Waals surface area contributed by atoms with Crippen LogP contribution in [0.1, 0.15) is 24.5 Å². The van der Waals surface area contributed by atoms with Gasteiger partial charge < -0.3 is 14.7 Å². The lowest BCUT2D eigenvalue weighted by molar-refractivity contribution is -0.150. The number of aliphatic hydroxyl groups is 1. The Labute approximate surface area is 101 Å². The molecule has 1 heterocycles. The van der Waals surface area contributed by atoms with Crippen molar-refractivity contribution in [1.82, 2.24) is 0 Å². The number of hydrogen-bond donors (Lipinski definition) is 1. The van der Waals surface area contributed by atoms with Crippen molar-refractivity contribution < 1.29 is 14.6 Å². The van der Waals surface area contributed by atoms with Gasteiger partial charge in [-0.25, -0.2) is 4.79 Å². The molecule has 1 N–H and O–H groups in total. The van der Waals surface area contributed by atoms with Gasteiger partial charge in [0.2, 0.25) is 0 Å². The Bertz CT molecular complexity index is 382. The number of methoxy groups -OCH3 is 1. The van der Waals surface area contributed by atoms with Crippen molar-refractivity contribution in [3.8, 4) is 0 Å². The molecular formula is C13H17NO3. The van der Waals surface area contributed by atoms with Gasteiger partial charge in [-0.3, -0.25) is 0 Å². The molecule has 2 rings (SSSR count). The Morgan fingerprint density at radius 3 is 2.41 bits per heavy atom. The van der Waals surface area contributed by atoms with E-state index in [2.05, 4.69) is 9.64 Å². The summed E-state index contributed by atoms with van der Waals surface area (Å²) in [6.07, 6.45) is 1.27. The minimum Gasteiger partial charge on any atom is -0.467 e. The Balaban J connectivity index is 2.09. The number of ether oxygens (including phenoxy) is 1. The van der Waals surface area contributed by atoms with Crippen LogP contribution in [0.5, 0.6) is 0 Å². The molecule has 1 aliphatic heterocycles. The second-order valence-electron chi connectivity index (χ2n) is 4.21. The molecular weight excluding hydrogens is 218 g/mol. The van der Waals surface area contributed by atoms with Gasteiger partial charge in [0.25, 0.3) is 0 Å². The van der Waals surface area contributed by atoms with Gasteiger partial charge in [0.05, 0.1) is 7.11 Å². The smallest absolute Gasteiger partial charge is 0.339 e. The number of carbonyl (C=O) groups is 1. The van der Waals surface area contributed by atoms with Crippen LogP contribution in [0.25, 0.3) is 0 Å². The first-order valence-electron chi connectivity index (χ1n) is 5.83. The van der Waals surface area contributed by atoms with Gasteiger partial charge in [-0.05, 0) is 30.5 Å². The number of nitrogens with zero attached hydrogens (tertiary/aromatic N) is 1. The van der Waals surface area contributed by atoms with Crippen LogP contribution in [0.2, 0.25) is 0 Å². The average molecular weight is 235 g/mol. The standard InChI is InChI=1S/C13H17NO3/c1-17-13(16)12(15)10-4-6-11(7-5-10)14-8-2-3-9-14/h4-7,12,15H,2-3,8-9H2,1H3. The van der Waals surface area contributed by atoms with E-state index < -0.39 is 12.1 Å². The van der Waals surface area contributed by atoms with Crippen molar-refractivity contribution in [3.05, 3.63) is 29.8 Å². The summed E-state index contributed by atoms with van der Waals surface area (Å²) >= 11 is 0. The number of aliphatic hydroxyl groups excluding tert-OH is 1. The lowest BCUT2D eigenvalue weighted by atomic mass is 10.1. The molecule has 1 aromatic carbocycles. The Hall–Kier alpha value is -1.55. The predicted octanol–water partition coefficient (Wildman–Crippen LogP) is 1.49. The molecule has 0 aromatic heterocycles. The molecule has 0 aliphatic carbocycles. The molecule has 4 heteroatoms. The van der Waals surface area contributed by atoms with Crippen LogP contribution in [-0.2, 0) is 9.53 Å². The summed E-state index contributed by atoms with van der Waals surface area (Å²) in [5, 5.41) is 9.66. The van der Waals surface area contributed by atoms with Gasteiger partial charge in [0.1, 0.15) is 0 Å². The summed E-state index contributed by atoms with van der Waals surface area (Å²) in [7, 11) is 1.27. The summed E-state index contributed by atoms with van der Waals surface area (Å²) in [6, 6.07) is 7.42. The lowest BCUT2D eigenvalue weighted by Gasteiger charge is -2.18. The monoisotopic (exact) mass is 235 g/mol. The predicted molar refractivity (Wildman–Crippen MR) is 64.9 cm³/mol. The summed E-state index contributed by atoms with van der Waals surface area (Å²) in [5.41, 5.74) is 1.71. The Kier molecular flexibility index (Phi) is 3.64. The van der Waals surface area contributed by atoms with E-state index in [1.165, 1.54) is 20.0 Å². The van der Waals surface area contributed by atoms with Crippen LogP contribution in [0, 0.1) is 0 Å². The summed E-state index contributed by atoms with van der Waals surface area (Å²) in [5.74, 6) is -0.626. The fourth-order valence-corrected chi connectivity index (χ4v) is 2.09. The second kappa shape index (κ2) is 5.19. The van der Waals surface area contributed by atoms with Crippen molar-refractivity contribution >= 4 is 11.7 Å². The van der Waals surface area contributed by atoms with Gasteiger partial charge in [0.15, 0.2) is 6.10 Å². The van der Waals surface area contributed by atoms with E-state index in [4.69, 9.17) is 0 Å². The number of carbonyl (C=O) groups excluding carboxylic acids is 1. The van der Waals surface area contributed by atoms with Crippen molar-refractivity contribution in [2.24, 2.45) is 0 Å². The highest BCUT2D eigenvalue weighted by atomic mass is 16.5. The summed E-state index contributed by atoms with van der Waals surface area (Å²) in [4.78, 5) is 13.5. The molecule has 17 heavy (non-hydrogen) atoms. The highest BCUT2D eigenvalue weighted by molar-refractivity contribution is 5.76. The number of esters is 1. The number of hydrogen-bond acceptors (Lipinski definition) is 4. The molecule has 0 saturated carbocycles. The fraction of sp³-hybridized carbons (Fsp3) is 0.462. The van der Waals surface area contributed by atoms with E-state index >= 15 is 0 Å². The van der Waals surface area contributed by atoms with Crippen molar-refractivity contribution in [2.45, 2.75) is 18.9 Å². The maximum Gasteiger partial charge on any atom is 0.339 e. The Morgan fingerprint density at radius 2 is 1.88 bits per heavy atom. The molecule has 1 atom stereocenters. The summed E-state index contributed by atoms with van der Waals surface area (Å²) < 4.78 is 4.50. The first-order chi connectivity index (χ1) is 8.22. The molecule has 1 unspecified atom stereocenters. The minimum atomic E-state index is -1.19. The van der Waals surface area contributed by atoms with E-state index in [0.717, 1.165) is 18.8 Å². The van der Waals surface area contributed by atoms with Gasteiger partial charge in [0, 0.05) is 18.8 Å². The topological polar surface area (TPSA) is 49.8 Å². The highest BCUT2D eigenvalue weighted by Gasteiger charge is 2.18. The molecule has 1 saturated heterocycles. The van der Waals surface area contributed by atoms with Crippen LogP contribution in [0.15, 0.2) is 24.3 Å². The SMILES string of the molecule is COC(=O)C(O)c1ccc(N2CCCC2)cc1. The zero-order chi connectivity index (χ0) is 12.3. The molecule has 0 amide bonds. The molecule has 0 radical (unpaired) electrons. The van der Waals surface area contributed by atoms with Gasteiger partial charge in [-0.2, -0.15) is 0 Å². The molecule has 92 valence electrons. The van der Waals surface area contributed by atoms with Crippen LogP contribution in [0.3, 0.4) is 0 Å². The van der Waals surface area contributed by atoms with Crippen LogP contribution < -0.4 is 4.90 Å². The van der Waals surface area contributed by atoms with E-state index in [-0.39, 0.29) is 0 Å². The van der Waals surface area contributed by atoms with Crippen LogP contribution >= 0.6 is 0 Å². The lowest BCUT2D eigenvalue weighted by Crippen LogP contribution is -2.18. The molecule has 0 spiro atoms. The van der Waals surface area contributed by atoms with E-state index in [0.29, 0.717) is 5.56 Å². The van der Waals surface area contributed by atoms with Gasteiger partial charge in [-0.1, -0.05) is 12.1 Å². The van der Waals surface area contributed by atoms with Crippen molar-refractivity contribution in [1.29, 1.82) is 0 Å². The quantitative estimate of drug-likeness (QED) is 0.806. The molecule has 4 nitrogen and oxygen atoms in total. The average Bonchev–Trinajstić information content (AvgIpc) is 2.91. The molecule has 1 aromatic rings. The fourth-order valence-electron chi connectivity index (χ4n) is 2.09. The highest BCUT2D eigenvalue weighted by Crippen LogP contribution is 2.23. The maximum absolute atomic E-state index is 11.2. The van der Waals surface area contributed by atoms with E-state index in [1.54, 1.807) is 12.1 Å².